The number of hydrogen-bond donors (Lipinski definition) is 0. The van der Waals surface area contributed by atoms with Crippen LogP contribution in [0, 0.1) is 0 Å². The lowest BCUT2D eigenvalue weighted by atomic mass is 10.1. The molecule has 4 aromatic heterocycles. The largest absolute Gasteiger partial charge is 0.457 e. The molecule has 11 aromatic rings. The first-order valence-electron chi connectivity index (χ1n) is 21.9. The van der Waals surface area contributed by atoms with Crippen LogP contribution in [0.5, 0.6) is 11.5 Å². The van der Waals surface area contributed by atoms with Crippen LogP contribution in [0.1, 0.15) is 8.22 Å². The number of benzene rings is 7. The van der Waals surface area contributed by atoms with E-state index < -0.39 is 14.0 Å². The van der Waals surface area contributed by atoms with Gasteiger partial charge in [0.15, 0.2) is 0 Å². The Labute approximate surface area is 336 Å². The molecule has 1 aliphatic heterocycles. The molecule has 0 fully saturated rings. The number of hydrogen-bond acceptors (Lipinski definition) is 4. The molecule has 0 unspecified atom stereocenters. The molecule has 0 saturated carbocycles. The number of para-hydroxylation sites is 5. The molecule has 0 N–H and O–H groups in total. The second-order valence-corrected chi connectivity index (χ2v) is 14.5. The molecule has 5 heterocycles. The van der Waals surface area contributed by atoms with Crippen LogP contribution < -0.4 is 14.5 Å². The van der Waals surface area contributed by atoms with Crippen molar-refractivity contribution in [1.29, 1.82) is 0 Å². The second kappa shape index (κ2) is 12.0. The van der Waals surface area contributed by atoms with E-state index in [0.717, 1.165) is 66.2 Å². The third-order valence-electron chi connectivity index (χ3n) is 11.5. The molecule has 272 valence electrons. The van der Waals surface area contributed by atoms with E-state index >= 15 is 0 Å². The third-order valence-corrected chi connectivity index (χ3v) is 11.5. The van der Waals surface area contributed by atoms with Gasteiger partial charge in [0.2, 0.25) is 0 Å². The molecule has 57 heavy (non-hydrogen) atoms. The summed E-state index contributed by atoms with van der Waals surface area (Å²) in [5.74, 6) is 2.09. The van der Waals surface area contributed by atoms with Gasteiger partial charge < -0.3 is 23.7 Å². The van der Waals surface area contributed by atoms with Gasteiger partial charge in [-0.3, -0.25) is 4.57 Å². The van der Waals surface area contributed by atoms with Crippen LogP contribution in [0.15, 0.2) is 170 Å². The van der Waals surface area contributed by atoms with Gasteiger partial charge in [-0.25, -0.2) is 4.98 Å². The molecule has 0 amide bonds. The van der Waals surface area contributed by atoms with E-state index in [9.17, 15) is 0 Å². The minimum absolute atomic E-state index is 0.248. The molecule has 12 rings (SSSR count). The summed E-state index contributed by atoms with van der Waals surface area (Å²) in [6.07, 6.45) is 1.79. The Balaban J connectivity index is 1.03. The van der Waals surface area contributed by atoms with Crippen molar-refractivity contribution in [2.75, 3.05) is 16.5 Å². The van der Waals surface area contributed by atoms with Crippen LogP contribution in [0.25, 0.3) is 71.2 Å². The number of aryl methyl sites for hydroxylation is 2. The average Bonchev–Trinajstić information content (AvgIpc) is 4.03. The van der Waals surface area contributed by atoms with Gasteiger partial charge in [-0.1, -0.05) is 78.9 Å². The van der Waals surface area contributed by atoms with Gasteiger partial charge in [-0.2, -0.15) is 0 Å². The Morgan fingerprint density at radius 3 is 1.77 bits per heavy atom. The Kier molecular flexibility index (Phi) is 5.54. The van der Waals surface area contributed by atoms with E-state index in [2.05, 4.69) is 37.5 Å². The Morgan fingerprint density at radius 2 is 1.09 bits per heavy atom. The summed E-state index contributed by atoms with van der Waals surface area (Å²) in [6, 6.07) is 53.1. The monoisotopic (exact) mass is 742 g/mol. The summed E-state index contributed by atoms with van der Waals surface area (Å²) < 4.78 is 65.1. The topological polar surface area (TPSA) is 43.4 Å². The van der Waals surface area contributed by atoms with E-state index in [1.807, 2.05) is 146 Å². The maximum atomic E-state index is 8.91. The predicted molar refractivity (Wildman–Crippen MR) is 235 cm³/mol. The summed E-state index contributed by atoms with van der Waals surface area (Å²) in [4.78, 5) is 8.90. The first kappa shape index (κ1) is 26.3. The summed E-state index contributed by atoms with van der Waals surface area (Å²) in [7, 11) is 0. The molecule has 0 spiro atoms. The van der Waals surface area contributed by atoms with E-state index in [0.29, 0.717) is 39.3 Å². The number of nitrogens with zero attached hydrogens (tertiary/aromatic N) is 6. The fourth-order valence-corrected chi connectivity index (χ4v) is 9.02. The minimum Gasteiger partial charge on any atom is -0.457 e. The van der Waals surface area contributed by atoms with Crippen molar-refractivity contribution in [3.05, 3.63) is 170 Å². The summed E-state index contributed by atoms with van der Waals surface area (Å²) in [5, 5.41) is 5.20. The van der Waals surface area contributed by atoms with Crippen LogP contribution in [0.2, 0.25) is 0 Å². The van der Waals surface area contributed by atoms with Gasteiger partial charge in [0, 0.05) is 89.5 Å². The maximum Gasteiger partial charge on any atom is 0.137 e. The molecular formula is C50H36N6O. The molecule has 0 saturated heterocycles. The van der Waals surface area contributed by atoms with E-state index in [1.165, 1.54) is 9.13 Å². The lowest BCUT2D eigenvalue weighted by molar-refractivity contribution is 0.483. The molecule has 7 nitrogen and oxygen atoms in total. The first-order chi connectivity index (χ1) is 30.5. The minimum atomic E-state index is -2.60. The zero-order chi connectivity index (χ0) is 42.8. The fourth-order valence-electron chi connectivity index (χ4n) is 9.02. The smallest absolute Gasteiger partial charge is 0.137 e. The third kappa shape index (κ3) is 4.57. The van der Waals surface area contributed by atoms with Gasteiger partial charge in [-0.05, 0) is 72.8 Å². The van der Waals surface area contributed by atoms with Crippen molar-refractivity contribution in [3.63, 3.8) is 0 Å². The van der Waals surface area contributed by atoms with Crippen molar-refractivity contribution < 1.29 is 13.0 Å². The first-order valence-corrected chi connectivity index (χ1v) is 18.9. The zero-order valence-electron chi connectivity index (χ0n) is 36.5. The van der Waals surface area contributed by atoms with Crippen LogP contribution >= 0.6 is 0 Å². The molecule has 7 heteroatoms. The molecular weight excluding hydrogens is 701 g/mol. The predicted octanol–water partition coefficient (Wildman–Crippen LogP) is 12.5. The highest BCUT2D eigenvalue weighted by Gasteiger charge is 2.33. The van der Waals surface area contributed by atoms with Crippen molar-refractivity contribution in [3.8, 4) is 17.3 Å². The van der Waals surface area contributed by atoms with Gasteiger partial charge in [0.25, 0.3) is 0 Å². The van der Waals surface area contributed by atoms with Crippen molar-refractivity contribution >= 4 is 88.2 Å². The number of fused-ring (bicyclic) bond motifs is 10. The molecule has 7 aromatic carbocycles. The highest BCUT2D eigenvalue weighted by atomic mass is 16.5. The number of aromatic nitrogens is 4. The van der Waals surface area contributed by atoms with Crippen LogP contribution in [0.3, 0.4) is 0 Å². The SMILES string of the molecule is [2H]C([2H])([2H])n1c2ccccc2c2cc3c4ccccc4n(C([2H])([2H])[2H])c3c(N3CN(c4cccc(Oc5ccc6c7ccccc7n(-c7ccccn7)c6c5)c4)c4ccccc43)c21. The fraction of sp³-hybridized carbons (Fsp3) is 0.0600. The van der Waals surface area contributed by atoms with Crippen LogP contribution in [-0.4, -0.2) is 25.4 Å². The van der Waals surface area contributed by atoms with E-state index in [4.69, 9.17) is 13.0 Å². The molecule has 0 radical (unpaired) electrons. The molecule has 0 atom stereocenters. The van der Waals surface area contributed by atoms with Gasteiger partial charge in [-0.15, -0.1) is 0 Å². The Morgan fingerprint density at radius 1 is 0.491 bits per heavy atom. The van der Waals surface area contributed by atoms with Gasteiger partial charge in [0.1, 0.15) is 24.0 Å². The summed E-state index contributed by atoms with van der Waals surface area (Å²) in [5.41, 5.74) is 6.98. The number of ether oxygens (including phenoxy) is 1. The highest BCUT2D eigenvalue weighted by Crippen LogP contribution is 2.51. The zero-order valence-corrected chi connectivity index (χ0v) is 30.5. The summed E-state index contributed by atoms with van der Waals surface area (Å²) >= 11 is 0. The van der Waals surface area contributed by atoms with E-state index in [1.54, 1.807) is 6.20 Å². The second-order valence-electron chi connectivity index (χ2n) is 14.5. The summed E-state index contributed by atoms with van der Waals surface area (Å²) in [6.45, 7) is -4.95. The molecule has 0 aliphatic carbocycles. The highest BCUT2D eigenvalue weighted by molar-refractivity contribution is 6.25. The number of anilines is 4. The maximum absolute atomic E-state index is 8.91. The van der Waals surface area contributed by atoms with Crippen molar-refractivity contribution in [2.24, 2.45) is 14.0 Å². The van der Waals surface area contributed by atoms with Crippen LogP contribution in [0.4, 0.5) is 22.7 Å². The Hall–Kier alpha value is -7.51. The van der Waals surface area contributed by atoms with E-state index in [-0.39, 0.29) is 6.67 Å². The Bertz CT molecular complexity index is 3540. The molecule has 0 bridgehead atoms. The quantitative estimate of drug-likeness (QED) is 0.176. The lowest BCUT2D eigenvalue weighted by Crippen LogP contribution is -2.25. The van der Waals surface area contributed by atoms with Crippen LogP contribution in [-0.2, 0) is 14.0 Å². The number of rotatable bonds is 5. The average molecular weight is 743 g/mol. The lowest BCUT2D eigenvalue weighted by Gasteiger charge is -2.25. The molecule has 1 aliphatic rings. The standard InChI is InChI=1S/C50H36N6O/c1-52-41-19-6-3-17-36(41)39-30-40-37-18-4-7-20-42(37)53(2)49(40)50(48(39)52)55-31-54(44-22-9-10-23-45(44)55)32-14-13-15-33(28-32)57-34-25-26-38-35-16-5-8-21-43(35)56(46(38)29-34)47-24-11-12-27-51-47/h3-30H,31H2,1-2H3/i1D3,2D3. The number of pyridine rings is 1. The van der Waals surface area contributed by atoms with Crippen molar-refractivity contribution in [2.45, 2.75) is 0 Å². The normalized spacial score (nSPS) is 14.9. The van der Waals surface area contributed by atoms with Crippen molar-refractivity contribution in [1.82, 2.24) is 18.7 Å². The van der Waals surface area contributed by atoms with Gasteiger partial charge in [0.05, 0.1) is 39.1 Å². The van der Waals surface area contributed by atoms with Gasteiger partial charge >= 0.3 is 0 Å².